The first-order valence-electron chi connectivity index (χ1n) is 6.77. The molecule has 0 aliphatic rings. The van der Waals surface area contributed by atoms with Gasteiger partial charge >= 0.3 is 0 Å². The maximum atomic E-state index is 9.87. The molecule has 1 rings (SSSR count). The second-order valence-electron chi connectivity index (χ2n) is 5.06. The van der Waals surface area contributed by atoms with Gasteiger partial charge in [-0.3, -0.25) is 0 Å². The van der Waals surface area contributed by atoms with Crippen LogP contribution in [-0.2, 0) is 0 Å². The molecule has 108 valence electrons. The molecule has 0 heterocycles. The number of aliphatic hydroxyl groups excluding tert-OH is 1. The average molecular weight is 266 g/mol. The summed E-state index contributed by atoms with van der Waals surface area (Å²) in [5.74, 6) is 0.867. The number of rotatable bonds is 8. The molecule has 0 saturated carbocycles. The van der Waals surface area contributed by atoms with Crippen molar-refractivity contribution in [3.05, 3.63) is 29.8 Å². The van der Waals surface area contributed by atoms with Crippen molar-refractivity contribution in [3.63, 3.8) is 0 Å². The van der Waals surface area contributed by atoms with Gasteiger partial charge in [0.2, 0.25) is 0 Å². The van der Waals surface area contributed by atoms with Crippen LogP contribution < -0.4 is 10.1 Å². The van der Waals surface area contributed by atoms with Crippen LogP contribution in [0.1, 0.15) is 24.9 Å². The van der Waals surface area contributed by atoms with Crippen molar-refractivity contribution in [2.45, 2.75) is 25.5 Å². The zero-order valence-electron chi connectivity index (χ0n) is 12.4. The predicted octanol–water partition coefficient (Wildman–Crippen LogP) is 1.66. The van der Waals surface area contributed by atoms with Gasteiger partial charge in [-0.25, -0.2) is 0 Å². The van der Waals surface area contributed by atoms with E-state index in [1.165, 1.54) is 5.56 Å². The molecule has 1 aromatic rings. The average Bonchev–Trinajstić information content (AvgIpc) is 2.39. The summed E-state index contributed by atoms with van der Waals surface area (Å²) >= 11 is 0. The summed E-state index contributed by atoms with van der Waals surface area (Å²) in [6.07, 6.45) is 0.642. The number of methoxy groups -OCH3 is 1. The molecule has 0 aliphatic carbocycles. The summed E-state index contributed by atoms with van der Waals surface area (Å²) in [5.41, 5.74) is 1.22. The number of nitrogens with one attached hydrogen (secondary N) is 1. The second-order valence-corrected chi connectivity index (χ2v) is 5.06. The molecule has 4 nitrogen and oxygen atoms in total. The highest BCUT2D eigenvalue weighted by molar-refractivity contribution is 5.29. The lowest BCUT2D eigenvalue weighted by atomic mass is 10.0. The third-order valence-electron chi connectivity index (χ3n) is 3.10. The Labute approximate surface area is 116 Å². The minimum Gasteiger partial charge on any atom is -0.497 e. The van der Waals surface area contributed by atoms with Gasteiger partial charge in [-0.15, -0.1) is 0 Å². The lowest BCUT2D eigenvalue weighted by molar-refractivity contribution is 0.131. The first-order chi connectivity index (χ1) is 9.06. The first-order valence-corrected chi connectivity index (χ1v) is 6.77. The van der Waals surface area contributed by atoms with Crippen LogP contribution in [0.3, 0.4) is 0 Å². The number of ether oxygens (including phenoxy) is 1. The number of benzene rings is 1. The lowest BCUT2D eigenvalue weighted by Crippen LogP contribution is -2.36. The number of aliphatic hydroxyl groups is 1. The Morgan fingerprint density at radius 1 is 1.26 bits per heavy atom. The van der Waals surface area contributed by atoms with E-state index in [0.717, 1.165) is 12.2 Å². The SMILES string of the molecule is CCC(NCC(O)CN(C)C)c1ccc(OC)cc1. The van der Waals surface area contributed by atoms with E-state index in [9.17, 15) is 5.11 Å². The van der Waals surface area contributed by atoms with Crippen LogP contribution >= 0.6 is 0 Å². The van der Waals surface area contributed by atoms with Crippen LogP contribution in [0.4, 0.5) is 0 Å². The Morgan fingerprint density at radius 2 is 1.89 bits per heavy atom. The van der Waals surface area contributed by atoms with Gasteiger partial charge in [0, 0.05) is 19.1 Å². The first kappa shape index (κ1) is 16.0. The summed E-state index contributed by atoms with van der Waals surface area (Å²) in [6, 6.07) is 8.34. The molecule has 0 bridgehead atoms. The maximum Gasteiger partial charge on any atom is 0.118 e. The molecule has 2 atom stereocenters. The second kappa shape index (κ2) is 8.15. The van der Waals surface area contributed by atoms with E-state index in [1.54, 1.807) is 7.11 Å². The van der Waals surface area contributed by atoms with Crippen molar-refractivity contribution >= 4 is 0 Å². The largest absolute Gasteiger partial charge is 0.497 e. The van der Waals surface area contributed by atoms with Crippen molar-refractivity contribution in [1.82, 2.24) is 10.2 Å². The van der Waals surface area contributed by atoms with Gasteiger partial charge in [0.15, 0.2) is 0 Å². The smallest absolute Gasteiger partial charge is 0.118 e. The van der Waals surface area contributed by atoms with E-state index in [-0.39, 0.29) is 12.1 Å². The molecule has 0 aliphatic heterocycles. The zero-order valence-corrected chi connectivity index (χ0v) is 12.4. The van der Waals surface area contributed by atoms with Crippen molar-refractivity contribution in [3.8, 4) is 5.75 Å². The van der Waals surface area contributed by atoms with E-state index in [0.29, 0.717) is 13.1 Å². The van der Waals surface area contributed by atoms with Crippen LogP contribution in [-0.4, -0.2) is 50.4 Å². The van der Waals surface area contributed by atoms with E-state index in [1.807, 2.05) is 31.1 Å². The fourth-order valence-electron chi connectivity index (χ4n) is 2.10. The molecule has 0 fully saturated rings. The number of nitrogens with zero attached hydrogens (tertiary/aromatic N) is 1. The Morgan fingerprint density at radius 3 is 2.37 bits per heavy atom. The zero-order chi connectivity index (χ0) is 14.3. The fraction of sp³-hybridized carbons (Fsp3) is 0.600. The summed E-state index contributed by atoms with van der Waals surface area (Å²) in [7, 11) is 5.59. The monoisotopic (exact) mass is 266 g/mol. The number of hydrogen-bond acceptors (Lipinski definition) is 4. The summed E-state index contributed by atoms with van der Waals surface area (Å²) in [4.78, 5) is 1.99. The van der Waals surface area contributed by atoms with Crippen LogP contribution in [0, 0.1) is 0 Å². The highest BCUT2D eigenvalue weighted by Gasteiger charge is 2.12. The Hall–Kier alpha value is -1.10. The van der Waals surface area contributed by atoms with E-state index in [2.05, 4.69) is 24.4 Å². The van der Waals surface area contributed by atoms with Gasteiger partial charge in [0.1, 0.15) is 5.75 Å². The maximum absolute atomic E-state index is 9.87. The van der Waals surface area contributed by atoms with Gasteiger partial charge in [0.25, 0.3) is 0 Å². The minimum absolute atomic E-state index is 0.266. The summed E-state index contributed by atoms with van der Waals surface area (Å²) in [6.45, 7) is 3.41. The molecule has 2 N–H and O–H groups in total. The number of hydrogen-bond donors (Lipinski definition) is 2. The van der Waals surface area contributed by atoms with Crippen molar-refractivity contribution < 1.29 is 9.84 Å². The Kier molecular flexibility index (Phi) is 6.84. The van der Waals surface area contributed by atoms with Crippen molar-refractivity contribution in [2.24, 2.45) is 0 Å². The van der Waals surface area contributed by atoms with Gasteiger partial charge in [-0.2, -0.15) is 0 Å². The van der Waals surface area contributed by atoms with Gasteiger partial charge in [-0.05, 0) is 38.2 Å². The van der Waals surface area contributed by atoms with Gasteiger partial charge in [-0.1, -0.05) is 19.1 Å². The van der Waals surface area contributed by atoms with Crippen molar-refractivity contribution in [2.75, 3.05) is 34.3 Å². The van der Waals surface area contributed by atoms with E-state index in [4.69, 9.17) is 4.74 Å². The highest BCUT2D eigenvalue weighted by atomic mass is 16.5. The molecule has 2 unspecified atom stereocenters. The Balaban J connectivity index is 2.52. The molecule has 0 spiro atoms. The molecule has 19 heavy (non-hydrogen) atoms. The normalized spacial score (nSPS) is 14.4. The van der Waals surface area contributed by atoms with Crippen LogP contribution in [0.15, 0.2) is 24.3 Å². The summed E-state index contributed by atoms with van der Waals surface area (Å²) < 4.78 is 5.16. The predicted molar refractivity (Wildman–Crippen MR) is 78.6 cm³/mol. The lowest BCUT2D eigenvalue weighted by Gasteiger charge is -2.22. The molecule has 0 saturated heterocycles. The van der Waals surface area contributed by atoms with Crippen LogP contribution in [0.2, 0.25) is 0 Å². The molecule has 0 amide bonds. The Bertz CT molecular complexity index is 352. The molecular weight excluding hydrogens is 240 g/mol. The third kappa shape index (κ3) is 5.59. The minimum atomic E-state index is -0.345. The fourth-order valence-corrected chi connectivity index (χ4v) is 2.10. The third-order valence-corrected chi connectivity index (χ3v) is 3.10. The molecule has 1 aromatic carbocycles. The standard InChI is InChI=1S/C15H26N2O2/c1-5-15(16-10-13(18)11-17(2)3)12-6-8-14(19-4)9-7-12/h6-9,13,15-16,18H,5,10-11H2,1-4H3. The molecular formula is C15H26N2O2. The van der Waals surface area contributed by atoms with Gasteiger partial charge in [0.05, 0.1) is 13.2 Å². The van der Waals surface area contributed by atoms with Crippen LogP contribution in [0.5, 0.6) is 5.75 Å². The number of likely N-dealkylation sites (N-methyl/N-ethyl adjacent to an activating group) is 1. The topological polar surface area (TPSA) is 44.7 Å². The molecule has 0 aromatic heterocycles. The van der Waals surface area contributed by atoms with E-state index >= 15 is 0 Å². The molecule has 4 heteroatoms. The van der Waals surface area contributed by atoms with E-state index < -0.39 is 0 Å². The summed E-state index contributed by atoms with van der Waals surface area (Å²) in [5, 5.41) is 13.3. The quantitative estimate of drug-likeness (QED) is 0.751. The van der Waals surface area contributed by atoms with Crippen molar-refractivity contribution in [1.29, 1.82) is 0 Å². The highest BCUT2D eigenvalue weighted by Crippen LogP contribution is 2.19. The van der Waals surface area contributed by atoms with Gasteiger partial charge < -0.3 is 20.1 Å². The molecule has 0 radical (unpaired) electrons. The van der Waals surface area contributed by atoms with Crippen LogP contribution in [0.25, 0.3) is 0 Å².